The van der Waals surface area contributed by atoms with Gasteiger partial charge in [-0.15, -0.1) is 0 Å². The molecule has 0 saturated carbocycles. The van der Waals surface area contributed by atoms with Crippen molar-refractivity contribution in [2.45, 2.75) is 6.61 Å². The Balaban J connectivity index is 2.08. The van der Waals surface area contributed by atoms with Gasteiger partial charge in [-0.25, -0.2) is 13.6 Å². The second kappa shape index (κ2) is 6.00. The lowest BCUT2D eigenvalue weighted by Gasteiger charge is -2.07. The Labute approximate surface area is 122 Å². The lowest BCUT2D eigenvalue weighted by molar-refractivity contribution is 0.0471. The number of benzene rings is 2. The van der Waals surface area contributed by atoms with Gasteiger partial charge < -0.3 is 10.5 Å². The van der Waals surface area contributed by atoms with Gasteiger partial charge in [0.15, 0.2) is 0 Å². The van der Waals surface area contributed by atoms with Crippen molar-refractivity contribution in [2.75, 3.05) is 5.73 Å². The van der Waals surface area contributed by atoms with E-state index in [4.69, 9.17) is 10.5 Å². The van der Waals surface area contributed by atoms with Crippen molar-refractivity contribution in [1.29, 1.82) is 0 Å². The molecule has 104 valence electrons. The molecule has 0 aliphatic rings. The molecule has 0 aliphatic carbocycles. The first kappa shape index (κ1) is 14.5. The van der Waals surface area contributed by atoms with Crippen molar-refractivity contribution >= 4 is 27.6 Å². The van der Waals surface area contributed by atoms with Gasteiger partial charge in [-0.05, 0) is 36.4 Å². The summed E-state index contributed by atoms with van der Waals surface area (Å²) in [4.78, 5) is 11.8. The van der Waals surface area contributed by atoms with Gasteiger partial charge >= 0.3 is 5.97 Å². The number of hydrogen-bond donors (Lipinski definition) is 1. The van der Waals surface area contributed by atoms with Crippen LogP contribution in [0.2, 0.25) is 0 Å². The number of anilines is 1. The third kappa shape index (κ3) is 3.33. The van der Waals surface area contributed by atoms with Gasteiger partial charge in [-0.1, -0.05) is 15.9 Å². The summed E-state index contributed by atoms with van der Waals surface area (Å²) < 4.78 is 31.7. The summed E-state index contributed by atoms with van der Waals surface area (Å²) in [6, 6.07) is 7.62. The minimum atomic E-state index is -0.659. The monoisotopic (exact) mass is 341 g/mol. The van der Waals surface area contributed by atoms with E-state index in [9.17, 15) is 13.6 Å². The van der Waals surface area contributed by atoms with Crippen molar-refractivity contribution in [3.05, 3.63) is 63.6 Å². The maximum atomic E-state index is 13.1. The summed E-state index contributed by atoms with van der Waals surface area (Å²) in [5, 5.41) is 0. The molecule has 2 N–H and O–H groups in total. The number of esters is 1. The maximum absolute atomic E-state index is 13.1. The fraction of sp³-hybridized carbons (Fsp3) is 0.0714. The molecule has 0 fully saturated rings. The molecule has 0 unspecified atom stereocenters. The van der Waals surface area contributed by atoms with Gasteiger partial charge in [0, 0.05) is 10.0 Å². The average Bonchev–Trinajstić information content (AvgIpc) is 2.42. The molecule has 0 amide bonds. The molecule has 2 aromatic carbocycles. The van der Waals surface area contributed by atoms with Crippen LogP contribution in [0.15, 0.2) is 40.9 Å². The number of nitrogens with two attached hydrogens (primary N) is 1. The first-order valence-electron chi connectivity index (χ1n) is 5.63. The summed E-state index contributed by atoms with van der Waals surface area (Å²) >= 11 is 3.23. The normalized spacial score (nSPS) is 10.3. The van der Waals surface area contributed by atoms with Crippen molar-refractivity contribution in [2.24, 2.45) is 0 Å². The minimum Gasteiger partial charge on any atom is -0.457 e. The van der Waals surface area contributed by atoms with E-state index in [1.54, 1.807) is 0 Å². The van der Waals surface area contributed by atoms with Gasteiger partial charge in [-0.3, -0.25) is 0 Å². The molecular formula is C14H10BrF2NO2. The van der Waals surface area contributed by atoms with E-state index in [1.165, 1.54) is 30.3 Å². The number of carbonyl (C=O) groups excluding carboxylic acids is 1. The van der Waals surface area contributed by atoms with Crippen molar-refractivity contribution < 1.29 is 18.3 Å². The van der Waals surface area contributed by atoms with Crippen LogP contribution in [-0.2, 0) is 11.3 Å². The topological polar surface area (TPSA) is 52.3 Å². The predicted octanol–water partition coefficient (Wildman–Crippen LogP) is 3.67. The molecule has 0 atom stereocenters. The Kier molecular flexibility index (Phi) is 4.34. The number of nitrogen functional groups attached to an aromatic ring is 1. The van der Waals surface area contributed by atoms with Crippen LogP contribution in [0.3, 0.4) is 0 Å². The minimum absolute atomic E-state index is 0.103. The lowest BCUT2D eigenvalue weighted by atomic mass is 10.2. The van der Waals surface area contributed by atoms with Gasteiger partial charge in [0.25, 0.3) is 0 Å². The fourth-order valence-electron chi connectivity index (χ4n) is 1.55. The second-order valence-electron chi connectivity index (χ2n) is 4.05. The molecular weight excluding hydrogens is 332 g/mol. The second-order valence-corrected chi connectivity index (χ2v) is 4.90. The third-order valence-electron chi connectivity index (χ3n) is 2.60. The van der Waals surface area contributed by atoms with Crippen LogP contribution in [0.4, 0.5) is 14.5 Å². The first-order valence-corrected chi connectivity index (χ1v) is 6.43. The van der Waals surface area contributed by atoms with E-state index in [0.29, 0.717) is 10.0 Å². The van der Waals surface area contributed by atoms with Crippen LogP contribution in [0.5, 0.6) is 0 Å². The quantitative estimate of drug-likeness (QED) is 0.684. The van der Waals surface area contributed by atoms with E-state index in [2.05, 4.69) is 15.9 Å². The van der Waals surface area contributed by atoms with E-state index in [0.717, 1.165) is 6.07 Å². The van der Waals surface area contributed by atoms with Crippen LogP contribution in [0.1, 0.15) is 15.9 Å². The number of hydrogen-bond acceptors (Lipinski definition) is 3. The Morgan fingerprint density at radius 3 is 2.65 bits per heavy atom. The molecule has 0 spiro atoms. The Hall–Kier alpha value is -1.95. The highest BCUT2D eigenvalue weighted by Gasteiger charge is 2.11. The molecule has 0 aromatic heterocycles. The number of carbonyl (C=O) groups is 1. The van der Waals surface area contributed by atoms with Crippen LogP contribution in [-0.4, -0.2) is 5.97 Å². The summed E-state index contributed by atoms with van der Waals surface area (Å²) in [6.45, 7) is -0.103. The molecule has 0 saturated heterocycles. The predicted molar refractivity (Wildman–Crippen MR) is 74.0 cm³/mol. The molecule has 0 bridgehead atoms. The number of rotatable bonds is 3. The van der Waals surface area contributed by atoms with Crippen LogP contribution in [0, 0.1) is 11.6 Å². The lowest BCUT2D eigenvalue weighted by Crippen LogP contribution is -2.07. The van der Waals surface area contributed by atoms with Crippen molar-refractivity contribution in [1.82, 2.24) is 0 Å². The summed E-state index contributed by atoms with van der Waals surface area (Å²) in [5.41, 5.74) is 5.87. The summed E-state index contributed by atoms with van der Waals surface area (Å²) in [7, 11) is 0. The highest BCUT2D eigenvalue weighted by molar-refractivity contribution is 9.10. The molecule has 3 nitrogen and oxygen atoms in total. The third-order valence-corrected chi connectivity index (χ3v) is 3.37. The zero-order valence-electron chi connectivity index (χ0n) is 10.2. The Bertz CT molecular complexity index is 662. The zero-order valence-corrected chi connectivity index (χ0v) is 11.8. The first-order chi connectivity index (χ1) is 9.47. The summed E-state index contributed by atoms with van der Waals surface area (Å²) in [5.74, 6) is -1.69. The largest absolute Gasteiger partial charge is 0.457 e. The Morgan fingerprint density at radius 2 is 1.95 bits per heavy atom. The molecule has 0 heterocycles. The van der Waals surface area contributed by atoms with E-state index in [1.807, 2.05) is 0 Å². The smallest absolute Gasteiger partial charge is 0.338 e. The standard InChI is InChI=1S/C14H10BrF2NO2/c15-11-3-2-10(16)5-9(11)7-20-14(19)8-1-4-12(17)13(18)6-8/h1-6H,7,18H2. The fourth-order valence-corrected chi connectivity index (χ4v) is 1.91. The molecule has 20 heavy (non-hydrogen) atoms. The maximum Gasteiger partial charge on any atom is 0.338 e. The highest BCUT2D eigenvalue weighted by Crippen LogP contribution is 2.20. The van der Waals surface area contributed by atoms with Gasteiger partial charge in [-0.2, -0.15) is 0 Å². The molecule has 0 radical (unpaired) electrons. The van der Waals surface area contributed by atoms with Gasteiger partial charge in [0.1, 0.15) is 18.2 Å². The van der Waals surface area contributed by atoms with Crippen LogP contribution in [0.25, 0.3) is 0 Å². The van der Waals surface area contributed by atoms with Crippen molar-refractivity contribution in [3.8, 4) is 0 Å². The van der Waals surface area contributed by atoms with Crippen molar-refractivity contribution in [3.63, 3.8) is 0 Å². The van der Waals surface area contributed by atoms with E-state index in [-0.39, 0.29) is 17.9 Å². The SMILES string of the molecule is Nc1cc(C(=O)OCc2cc(F)ccc2Br)ccc1F. The van der Waals surface area contributed by atoms with E-state index >= 15 is 0 Å². The number of ether oxygens (including phenoxy) is 1. The van der Waals surface area contributed by atoms with Gasteiger partial charge in [0.2, 0.25) is 0 Å². The molecule has 6 heteroatoms. The van der Waals surface area contributed by atoms with Crippen LogP contribution >= 0.6 is 15.9 Å². The zero-order chi connectivity index (χ0) is 14.7. The highest BCUT2D eigenvalue weighted by atomic mass is 79.9. The van der Waals surface area contributed by atoms with Gasteiger partial charge in [0.05, 0.1) is 11.3 Å². The molecule has 0 aliphatic heterocycles. The summed E-state index contributed by atoms with van der Waals surface area (Å²) in [6.07, 6.45) is 0. The molecule has 2 aromatic rings. The number of halogens is 3. The molecule has 2 rings (SSSR count). The average molecular weight is 342 g/mol. The Morgan fingerprint density at radius 1 is 1.20 bits per heavy atom. The van der Waals surface area contributed by atoms with Crippen LogP contribution < -0.4 is 5.73 Å². The van der Waals surface area contributed by atoms with E-state index < -0.39 is 17.6 Å².